The van der Waals surface area contributed by atoms with Gasteiger partial charge in [-0.1, -0.05) is 123 Å². The molecule has 9 aromatic rings. The molecule has 0 spiro atoms. The van der Waals surface area contributed by atoms with Gasteiger partial charge in [-0.2, -0.15) is 0 Å². The largest absolute Gasteiger partial charge is 0.456 e. The summed E-state index contributed by atoms with van der Waals surface area (Å²) >= 11 is 0. The Balaban J connectivity index is 1.30. The van der Waals surface area contributed by atoms with Crippen molar-refractivity contribution in [3.8, 4) is 22.3 Å². The Morgan fingerprint density at radius 1 is 0.458 bits per heavy atom. The number of nitrogens with zero attached hydrogens (tertiary/aromatic N) is 1. The topological polar surface area (TPSA) is 29.5 Å². The Hall–Kier alpha value is -6.06. The van der Waals surface area contributed by atoms with Gasteiger partial charge < -0.3 is 13.7 Å². The van der Waals surface area contributed by atoms with E-state index >= 15 is 0 Å². The Morgan fingerprint density at radius 3 is 1.90 bits per heavy atom. The third kappa shape index (κ3) is 3.82. The molecule has 48 heavy (non-hydrogen) atoms. The van der Waals surface area contributed by atoms with Crippen LogP contribution in [0.1, 0.15) is 25.0 Å². The molecule has 1 aliphatic rings. The second kappa shape index (κ2) is 9.97. The molecule has 0 saturated carbocycles. The number of para-hydroxylation sites is 2. The third-order valence-electron chi connectivity index (χ3n) is 10.3. The number of anilines is 3. The van der Waals surface area contributed by atoms with Gasteiger partial charge in [0, 0.05) is 32.9 Å². The zero-order valence-electron chi connectivity index (χ0n) is 26.7. The molecular formula is C45H31NO2. The van der Waals surface area contributed by atoms with E-state index in [4.69, 9.17) is 8.83 Å². The quantitative estimate of drug-likeness (QED) is 0.197. The molecule has 228 valence electrons. The molecule has 7 aromatic carbocycles. The average Bonchev–Trinajstić information content (AvgIpc) is 3.77. The van der Waals surface area contributed by atoms with Crippen molar-refractivity contribution in [1.29, 1.82) is 0 Å². The van der Waals surface area contributed by atoms with E-state index in [2.05, 4.69) is 146 Å². The lowest BCUT2D eigenvalue weighted by molar-refractivity contribution is 0.660. The SMILES string of the molecule is CC1(C)c2ccccc2-c2ccc(N(c3ccc(-c4ccccc4)cc3)c3c4oc5ccccc5c4cc4oc5ccccc5c34)cc21. The number of benzene rings is 7. The number of hydrogen-bond donors (Lipinski definition) is 0. The standard InChI is InChI=1S/C45H31NO2/c1-45(2)37-17-9-6-14-32(37)33-25-24-31(26-38(33)45)46(30-22-20-29(21-23-30)28-12-4-3-5-13-28)43-42-35-16-8-11-19-40(35)47-41(42)27-36-34-15-7-10-18-39(34)48-44(36)43/h3-27H,1-2H3. The Bertz CT molecular complexity index is 2690. The second-order valence-electron chi connectivity index (χ2n) is 13.3. The number of furan rings is 2. The van der Waals surface area contributed by atoms with Crippen molar-refractivity contribution in [2.75, 3.05) is 4.90 Å². The van der Waals surface area contributed by atoms with Crippen LogP contribution in [-0.4, -0.2) is 0 Å². The molecule has 0 N–H and O–H groups in total. The highest BCUT2D eigenvalue weighted by Crippen LogP contribution is 2.53. The molecule has 0 bridgehead atoms. The van der Waals surface area contributed by atoms with Gasteiger partial charge in [0.15, 0.2) is 5.58 Å². The van der Waals surface area contributed by atoms with Gasteiger partial charge in [-0.3, -0.25) is 0 Å². The molecule has 10 rings (SSSR count). The van der Waals surface area contributed by atoms with Gasteiger partial charge in [0.2, 0.25) is 0 Å². The first-order chi connectivity index (χ1) is 23.6. The average molecular weight is 618 g/mol. The van der Waals surface area contributed by atoms with Crippen LogP contribution in [-0.2, 0) is 5.41 Å². The van der Waals surface area contributed by atoms with Crippen molar-refractivity contribution in [3.63, 3.8) is 0 Å². The fourth-order valence-corrected chi connectivity index (χ4v) is 7.93. The van der Waals surface area contributed by atoms with E-state index in [1.54, 1.807) is 0 Å². The lowest BCUT2D eigenvalue weighted by atomic mass is 9.82. The Morgan fingerprint density at radius 2 is 1.08 bits per heavy atom. The van der Waals surface area contributed by atoms with Crippen molar-refractivity contribution in [1.82, 2.24) is 0 Å². The van der Waals surface area contributed by atoms with Crippen molar-refractivity contribution in [3.05, 3.63) is 163 Å². The zero-order chi connectivity index (χ0) is 32.0. The highest BCUT2D eigenvalue weighted by atomic mass is 16.3. The lowest BCUT2D eigenvalue weighted by Gasteiger charge is -2.29. The third-order valence-corrected chi connectivity index (χ3v) is 10.3. The molecule has 2 aromatic heterocycles. The maximum atomic E-state index is 6.83. The van der Waals surface area contributed by atoms with E-state index < -0.39 is 0 Å². The minimum Gasteiger partial charge on any atom is -0.456 e. The summed E-state index contributed by atoms with van der Waals surface area (Å²) < 4.78 is 13.4. The van der Waals surface area contributed by atoms with Crippen LogP contribution in [0.25, 0.3) is 66.1 Å². The maximum absolute atomic E-state index is 6.83. The van der Waals surface area contributed by atoms with Crippen molar-refractivity contribution < 1.29 is 8.83 Å². The molecule has 3 heteroatoms. The van der Waals surface area contributed by atoms with Crippen LogP contribution in [0.5, 0.6) is 0 Å². The first-order valence-electron chi connectivity index (χ1n) is 16.5. The van der Waals surface area contributed by atoms with Gasteiger partial charge in [0.1, 0.15) is 22.4 Å². The normalized spacial score (nSPS) is 13.4. The summed E-state index contributed by atoms with van der Waals surface area (Å²) in [6, 6.07) is 53.9. The minimum absolute atomic E-state index is 0.145. The summed E-state index contributed by atoms with van der Waals surface area (Å²) in [6.07, 6.45) is 0. The van der Waals surface area contributed by atoms with Crippen LogP contribution in [0.4, 0.5) is 17.1 Å². The van der Waals surface area contributed by atoms with Gasteiger partial charge in [-0.05, 0) is 75.8 Å². The molecule has 0 amide bonds. The molecule has 2 heterocycles. The monoisotopic (exact) mass is 617 g/mol. The molecule has 0 fully saturated rings. The summed E-state index contributed by atoms with van der Waals surface area (Å²) in [4.78, 5) is 2.38. The summed E-state index contributed by atoms with van der Waals surface area (Å²) in [5.74, 6) is 0. The van der Waals surface area contributed by atoms with E-state index in [1.807, 2.05) is 24.3 Å². The molecule has 0 unspecified atom stereocenters. The van der Waals surface area contributed by atoms with E-state index in [0.29, 0.717) is 0 Å². The number of hydrogen-bond acceptors (Lipinski definition) is 3. The van der Waals surface area contributed by atoms with E-state index in [-0.39, 0.29) is 5.41 Å². The summed E-state index contributed by atoms with van der Waals surface area (Å²) in [5.41, 5.74) is 14.0. The van der Waals surface area contributed by atoms with E-state index in [1.165, 1.54) is 33.4 Å². The van der Waals surface area contributed by atoms with Gasteiger partial charge >= 0.3 is 0 Å². The molecule has 0 aliphatic heterocycles. The fourth-order valence-electron chi connectivity index (χ4n) is 7.93. The summed E-state index contributed by atoms with van der Waals surface area (Å²) in [7, 11) is 0. The predicted octanol–water partition coefficient (Wildman–Crippen LogP) is 12.9. The van der Waals surface area contributed by atoms with Crippen LogP contribution in [0.15, 0.2) is 160 Å². The highest BCUT2D eigenvalue weighted by molar-refractivity contribution is 6.24. The minimum atomic E-state index is -0.145. The molecule has 0 atom stereocenters. The van der Waals surface area contributed by atoms with Crippen LogP contribution in [0, 0.1) is 0 Å². The van der Waals surface area contributed by atoms with Crippen LogP contribution in [0.2, 0.25) is 0 Å². The van der Waals surface area contributed by atoms with E-state index in [9.17, 15) is 0 Å². The number of rotatable bonds is 4. The smallest absolute Gasteiger partial charge is 0.160 e. The lowest BCUT2D eigenvalue weighted by Crippen LogP contribution is -2.16. The summed E-state index contributed by atoms with van der Waals surface area (Å²) in [6.45, 7) is 4.67. The van der Waals surface area contributed by atoms with E-state index in [0.717, 1.165) is 60.9 Å². The van der Waals surface area contributed by atoms with Crippen LogP contribution < -0.4 is 4.90 Å². The first-order valence-corrected chi connectivity index (χ1v) is 16.5. The molecular weight excluding hydrogens is 587 g/mol. The molecule has 0 saturated heterocycles. The number of fused-ring (bicyclic) bond motifs is 9. The van der Waals surface area contributed by atoms with Crippen molar-refractivity contribution in [2.24, 2.45) is 0 Å². The van der Waals surface area contributed by atoms with Gasteiger partial charge in [0.05, 0.1) is 5.39 Å². The Labute approximate surface area is 278 Å². The molecule has 0 radical (unpaired) electrons. The van der Waals surface area contributed by atoms with Crippen molar-refractivity contribution >= 4 is 60.9 Å². The summed E-state index contributed by atoms with van der Waals surface area (Å²) in [5, 5.41) is 4.20. The first kappa shape index (κ1) is 27.1. The van der Waals surface area contributed by atoms with Crippen LogP contribution >= 0.6 is 0 Å². The fraction of sp³-hybridized carbons (Fsp3) is 0.0667. The zero-order valence-corrected chi connectivity index (χ0v) is 26.7. The van der Waals surface area contributed by atoms with Gasteiger partial charge in [0.25, 0.3) is 0 Å². The maximum Gasteiger partial charge on any atom is 0.160 e. The van der Waals surface area contributed by atoms with Crippen LogP contribution in [0.3, 0.4) is 0 Å². The Kier molecular flexibility index (Phi) is 5.63. The molecule has 1 aliphatic carbocycles. The highest BCUT2D eigenvalue weighted by Gasteiger charge is 2.36. The van der Waals surface area contributed by atoms with Crippen molar-refractivity contribution in [2.45, 2.75) is 19.3 Å². The van der Waals surface area contributed by atoms with Gasteiger partial charge in [-0.25, -0.2) is 0 Å². The van der Waals surface area contributed by atoms with Gasteiger partial charge in [-0.15, -0.1) is 0 Å². The predicted molar refractivity (Wildman–Crippen MR) is 199 cm³/mol. The second-order valence-corrected chi connectivity index (χ2v) is 13.3. The molecule has 3 nitrogen and oxygen atoms in total.